The predicted molar refractivity (Wildman–Crippen MR) is 84.0 cm³/mol. The van der Waals surface area contributed by atoms with Crippen LogP contribution in [0.15, 0.2) is 6.07 Å². The normalized spacial score (nSPS) is 17.7. The van der Waals surface area contributed by atoms with Gasteiger partial charge in [0, 0.05) is 18.3 Å². The third-order valence-corrected chi connectivity index (χ3v) is 4.33. The molecule has 1 aliphatic carbocycles. The fourth-order valence-corrected chi connectivity index (χ4v) is 2.69. The van der Waals surface area contributed by atoms with Gasteiger partial charge in [-0.25, -0.2) is 0 Å². The molecule has 1 atom stereocenters. The number of nitrogens with two attached hydrogens (primary N) is 1. The minimum atomic E-state index is -0.589. The van der Waals surface area contributed by atoms with E-state index in [0.717, 1.165) is 50.8 Å². The Morgan fingerprint density at radius 1 is 1.48 bits per heavy atom. The standard InChI is InChI=1S/C16H28N4O/c1-4-12-11-14(5-2)20(19-12)10-6-9-16(3,15(17)21)18-13-7-8-13/h11,13,18H,4-10H2,1-3H3,(H2,17,21). The van der Waals surface area contributed by atoms with E-state index in [4.69, 9.17) is 5.73 Å². The summed E-state index contributed by atoms with van der Waals surface area (Å²) in [6, 6.07) is 2.65. The van der Waals surface area contributed by atoms with E-state index >= 15 is 0 Å². The zero-order chi connectivity index (χ0) is 15.5. The van der Waals surface area contributed by atoms with Crippen LogP contribution in [-0.4, -0.2) is 27.3 Å². The van der Waals surface area contributed by atoms with Crippen molar-refractivity contribution in [2.45, 2.75) is 77.4 Å². The van der Waals surface area contributed by atoms with Crippen LogP contribution in [0, 0.1) is 0 Å². The fourth-order valence-electron chi connectivity index (χ4n) is 2.69. The van der Waals surface area contributed by atoms with E-state index in [1.807, 2.05) is 6.92 Å². The Balaban J connectivity index is 1.92. The first-order valence-corrected chi connectivity index (χ1v) is 8.11. The fraction of sp³-hybridized carbons (Fsp3) is 0.750. The van der Waals surface area contributed by atoms with Gasteiger partial charge in [0.05, 0.1) is 11.2 Å². The van der Waals surface area contributed by atoms with Gasteiger partial charge in [0.1, 0.15) is 0 Å². The first-order chi connectivity index (χ1) is 9.98. The van der Waals surface area contributed by atoms with E-state index in [-0.39, 0.29) is 5.91 Å². The summed E-state index contributed by atoms with van der Waals surface area (Å²) in [7, 11) is 0. The summed E-state index contributed by atoms with van der Waals surface area (Å²) in [4.78, 5) is 11.7. The van der Waals surface area contributed by atoms with E-state index in [1.165, 1.54) is 5.69 Å². The molecule has 0 spiro atoms. The van der Waals surface area contributed by atoms with E-state index < -0.39 is 5.54 Å². The number of carbonyl (C=O) groups excluding carboxylic acids is 1. The Morgan fingerprint density at radius 3 is 2.71 bits per heavy atom. The Morgan fingerprint density at radius 2 is 2.19 bits per heavy atom. The summed E-state index contributed by atoms with van der Waals surface area (Å²) in [5, 5.41) is 8.01. The number of primary amides is 1. The monoisotopic (exact) mass is 292 g/mol. The van der Waals surface area contributed by atoms with Crippen molar-refractivity contribution in [1.82, 2.24) is 15.1 Å². The Bertz CT molecular complexity index is 492. The van der Waals surface area contributed by atoms with Crippen LogP contribution in [0.1, 0.15) is 57.8 Å². The largest absolute Gasteiger partial charge is 0.368 e. The second kappa shape index (κ2) is 6.60. The number of nitrogens with one attached hydrogen (secondary N) is 1. The predicted octanol–water partition coefficient (Wildman–Crippen LogP) is 1.78. The molecule has 5 nitrogen and oxygen atoms in total. The van der Waals surface area contributed by atoms with E-state index in [1.54, 1.807) is 0 Å². The molecule has 0 aromatic carbocycles. The lowest BCUT2D eigenvalue weighted by molar-refractivity contribution is -0.124. The van der Waals surface area contributed by atoms with Crippen LogP contribution < -0.4 is 11.1 Å². The molecule has 1 aromatic heterocycles. The van der Waals surface area contributed by atoms with Crippen LogP contribution in [0.2, 0.25) is 0 Å². The number of hydrogen-bond acceptors (Lipinski definition) is 3. The number of rotatable bonds is 9. The second-order valence-electron chi connectivity index (χ2n) is 6.28. The van der Waals surface area contributed by atoms with Crippen molar-refractivity contribution >= 4 is 5.91 Å². The van der Waals surface area contributed by atoms with Crippen LogP contribution in [-0.2, 0) is 24.2 Å². The van der Waals surface area contributed by atoms with Crippen LogP contribution in [0.4, 0.5) is 0 Å². The summed E-state index contributed by atoms with van der Waals surface area (Å²) < 4.78 is 2.08. The maximum absolute atomic E-state index is 11.7. The number of aryl methyl sites for hydroxylation is 3. The highest BCUT2D eigenvalue weighted by atomic mass is 16.1. The molecule has 1 fully saturated rings. The molecular weight excluding hydrogens is 264 g/mol. The molecule has 1 heterocycles. The zero-order valence-electron chi connectivity index (χ0n) is 13.5. The third kappa shape index (κ3) is 4.06. The van der Waals surface area contributed by atoms with Crippen molar-refractivity contribution in [3.8, 4) is 0 Å². The van der Waals surface area contributed by atoms with Crippen LogP contribution in [0.5, 0.6) is 0 Å². The highest BCUT2D eigenvalue weighted by molar-refractivity contribution is 5.84. The lowest BCUT2D eigenvalue weighted by atomic mass is 9.94. The molecule has 0 bridgehead atoms. The molecule has 1 amide bonds. The van der Waals surface area contributed by atoms with Gasteiger partial charge >= 0.3 is 0 Å². The van der Waals surface area contributed by atoms with Gasteiger partial charge in [-0.15, -0.1) is 0 Å². The number of carbonyl (C=O) groups is 1. The van der Waals surface area contributed by atoms with Gasteiger partial charge in [0.2, 0.25) is 5.91 Å². The molecule has 0 saturated heterocycles. The van der Waals surface area contributed by atoms with Crippen molar-refractivity contribution in [3.05, 3.63) is 17.5 Å². The van der Waals surface area contributed by atoms with E-state index in [9.17, 15) is 4.79 Å². The molecule has 1 saturated carbocycles. The average molecular weight is 292 g/mol. The molecule has 0 radical (unpaired) electrons. The maximum Gasteiger partial charge on any atom is 0.237 e. The van der Waals surface area contributed by atoms with Crippen LogP contribution in [0.25, 0.3) is 0 Å². The molecule has 2 rings (SSSR count). The third-order valence-electron chi connectivity index (χ3n) is 4.33. The Labute approximate surface area is 127 Å². The summed E-state index contributed by atoms with van der Waals surface area (Å²) in [5.41, 5.74) is 7.40. The smallest absolute Gasteiger partial charge is 0.237 e. The van der Waals surface area contributed by atoms with E-state index in [2.05, 4.69) is 35.0 Å². The van der Waals surface area contributed by atoms with Crippen molar-refractivity contribution in [1.29, 1.82) is 0 Å². The number of amides is 1. The molecule has 5 heteroatoms. The second-order valence-corrected chi connectivity index (χ2v) is 6.28. The summed E-state index contributed by atoms with van der Waals surface area (Å²) >= 11 is 0. The first-order valence-electron chi connectivity index (χ1n) is 8.11. The number of nitrogens with zero attached hydrogens (tertiary/aromatic N) is 2. The Hall–Kier alpha value is -1.36. The molecule has 21 heavy (non-hydrogen) atoms. The number of hydrogen-bond donors (Lipinski definition) is 2. The highest BCUT2D eigenvalue weighted by Gasteiger charge is 2.36. The minimum Gasteiger partial charge on any atom is -0.368 e. The van der Waals surface area contributed by atoms with Crippen LogP contribution in [0.3, 0.4) is 0 Å². The van der Waals surface area contributed by atoms with Gasteiger partial charge in [-0.3, -0.25) is 9.48 Å². The lowest BCUT2D eigenvalue weighted by Crippen LogP contribution is -2.54. The lowest BCUT2D eigenvalue weighted by Gasteiger charge is -2.27. The first kappa shape index (κ1) is 16.0. The van der Waals surface area contributed by atoms with Crippen molar-refractivity contribution in [2.75, 3.05) is 0 Å². The molecule has 1 aromatic rings. The average Bonchev–Trinajstić information content (AvgIpc) is 3.16. The van der Waals surface area contributed by atoms with Crippen molar-refractivity contribution in [3.63, 3.8) is 0 Å². The SMILES string of the molecule is CCc1cc(CC)n(CCCC(C)(NC2CC2)C(N)=O)n1. The summed E-state index contributed by atoms with van der Waals surface area (Å²) in [6.45, 7) is 7.04. The Kier molecular flexibility index (Phi) is 5.04. The van der Waals surface area contributed by atoms with Gasteiger partial charge in [0.15, 0.2) is 0 Å². The van der Waals surface area contributed by atoms with Gasteiger partial charge < -0.3 is 11.1 Å². The topological polar surface area (TPSA) is 72.9 Å². The van der Waals surface area contributed by atoms with Crippen LogP contribution >= 0.6 is 0 Å². The minimum absolute atomic E-state index is 0.250. The van der Waals surface area contributed by atoms with E-state index in [0.29, 0.717) is 6.04 Å². The van der Waals surface area contributed by atoms with Crippen molar-refractivity contribution in [2.24, 2.45) is 5.73 Å². The quantitative estimate of drug-likeness (QED) is 0.728. The van der Waals surface area contributed by atoms with Crippen molar-refractivity contribution < 1.29 is 4.79 Å². The van der Waals surface area contributed by atoms with Gasteiger partial charge in [-0.2, -0.15) is 5.10 Å². The van der Waals surface area contributed by atoms with Gasteiger partial charge in [0.25, 0.3) is 0 Å². The molecular formula is C16H28N4O. The molecule has 1 aliphatic rings. The number of aromatic nitrogens is 2. The highest BCUT2D eigenvalue weighted by Crippen LogP contribution is 2.25. The van der Waals surface area contributed by atoms with Gasteiger partial charge in [-0.1, -0.05) is 13.8 Å². The summed E-state index contributed by atoms with van der Waals surface area (Å²) in [5.74, 6) is -0.250. The molecule has 1 unspecified atom stereocenters. The maximum atomic E-state index is 11.7. The molecule has 0 aliphatic heterocycles. The summed E-state index contributed by atoms with van der Waals surface area (Å²) in [6.07, 6.45) is 5.91. The van der Waals surface area contributed by atoms with Gasteiger partial charge in [-0.05, 0) is 51.5 Å². The molecule has 118 valence electrons. The molecule has 3 N–H and O–H groups in total. The zero-order valence-corrected chi connectivity index (χ0v) is 13.5.